The number of amidine groups is 1. The summed E-state index contributed by atoms with van der Waals surface area (Å²) in [5.41, 5.74) is 3.37. The van der Waals surface area contributed by atoms with E-state index < -0.39 is 15.1 Å². The summed E-state index contributed by atoms with van der Waals surface area (Å²) >= 11 is 6.56. The highest BCUT2D eigenvalue weighted by Gasteiger charge is 2.24. The molecule has 0 aromatic heterocycles. The minimum Gasteiger partial charge on any atom is -0.489 e. The van der Waals surface area contributed by atoms with Gasteiger partial charge in [-0.2, -0.15) is 0 Å². The Kier molecular flexibility index (Phi) is 9.93. The SMILES string of the molecule is C=N/C=C(/Cl)C(=Nc1ccccc1S(=O)(=O)C(C)C)Nc1cc(C)c(C2CCNCC2)cc1OC(C)C. The summed E-state index contributed by atoms with van der Waals surface area (Å²) < 4.78 is 32.2. The molecule has 0 amide bonds. The molecule has 0 radical (unpaired) electrons. The number of rotatable bonds is 9. The van der Waals surface area contributed by atoms with Crippen molar-refractivity contribution in [2.75, 3.05) is 18.4 Å². The zero-order chi connectivity index (χ0) is 27.2. The zero-order valence-corrected chi connectivity index (χ0v) is 23.8. The number of aryl methyl sites for hydroxylation is 1. The van der Waals surface area contributed by atoms with Crippen LogP contribution in [0.5, 0.6) is 5.75 Å². The number of sulfone groups is 1. The summed E-state index contributed by atoms with van der Waals surface area (Å²) in [5.74, 6) is 1.38. The molecule has 0 aliphatic carbocycles. The van der Waals surface area contributed by atoms with Gasteiger partial charge in [0.25, 0.3) is 0 Å². The molecular formula is C28H37ClN4O3S. The fraction of sp³-hybridized carbons (Fsp3) is 0.429. The summed E-state index contributed by atoms with van der Waals surface area (Å²) in [6.45, 7) is 14.8. The average molecular weight is 545 g/mol. The van der Waals surface area contributed by atoms with Crippen LogP contribution >= 0.6 is 11.6 Å². The van der Waals surface area contributed by atoms with Gasteiger partial charge in [-0.3, -0.25) is 4.99 Å². The second kappa shape index (κ2) is 12.7. The van der Waals surface area contributed by atoms with Crippen molar-refractivity contribution in [3.63, 3.8) is 0 Å². The number of ether oxygens (including phenoxy) is 1. The van der Waals surface area contributed by atoms with Crippen LogP contribution in [0.3, 0.4) is 0 Å². The number of nitrogens with zero attached hydrogens (tertiary/aromatic N) is 2. The number of para-hydroxylation sites is 1. The van der Waals surface area contributed by atoms with E-state index in [0.29, 0.717) is 17.4 Å². The molecule has 2 aromatic carbocycles. The average Bonchev–Trinajstić information content (AvgIpc) is 2.85. The molecule has 0 unspecified atom stereocenters. The van der Waals surface area contributed by atoms with Gasteiger partial charge in [0.2, 0.25) is 0 Å². The van der Waals surface area contributed by atoms with E-state index in [1.54, 1.807) is 38.1 Å². The largest absolute Gasteiger partial charge is 0.489 e. The third-order valence-corrected chi connectivity index (χ3v) is 8.69. The fourth-order valence-electron chi connectivity index (χ4n) is 4.30. The Morgan fingerprint density at radius 2 is 1.86 bits per heavy atom. The van der Waals surface area contributed by atoms with Crippen molar-refractivity contribution in [2.24, 2.45) is 9.98 Å². The summed E-state index contributed by atoms with van der Waals surface area (Å²) in [5, 5.41) is 6.30. The molecule has 0 bridgehead atoms. The van der Waals surface area contributed by atoms with Gasteiger partial charge in [-0.1, -0.05) is 23.7 Å². The van der Waals surface area contributed by atoms with E-state index >= 15 is 0 Å². The molecule has 0 saturated carbocycles. The molecule has 3 rings (SSSR count). The van der Waals surface area contributed by atoms with E-state index in [0.717, 1.165) is 31.5 Å². The van der Waals surface area contributed by atoms with Crippen LogP contribution in [0, 0.1) is 6.92 Å². The van der Waals surface area contributed by atoms with Crippen LogP contribution in [0.4, 0.5) is 11.4 Å². The zero-order valence-electron chi connectivity index (χ0n) is 22.2. The van der Waals surface area contributed by atoms with Crippen molar-refractivity contribution < 1.29 is 13.2 Å². The lowest BCUT2D eigenvalue weighted by Gasteiger charge is -2.26. The maximum absolute atomic E-state index is 13.0. The summed E-state index contributed by atoms with van der Waals surface area (Å²) in [6.07, 6.45) is 3.46. The number of anilines is 1. The lowest BCUT2D eigenvalue weighted by Crippen LogP contribution is -2.27. The van der Waals surface area contributed by atoms with Gasteiger partial charge in [-0.05, 0) is 109 Å². The Bertz CT molecular complexity index is 1280. The Balaban J connectivity index is 2.13. The van der Waals surface area contributed by atoms with Crippen molar-refractivity contribution >= 4 is 45.4 Å². The number of nitrogens with one attached hydrogen (secondary N) is 2. The van der Waals surface area contributed by atoms with Crippen LogP contribution in [-0.2, 0) is 9.84 Å². The lowest BCUT2D eigenvalue weighted by molar-refractivity contribution is 0.243. The summed E-state index contributed by atoms with van der Waals surface area (Å²) in [4.78, 5) is 8.58. The number of hydrogen-bond acceptors (Lipinski definition) is 6. The smallest absolute Gasteiger partial charge is 0.182 e. The van der Waals surface area contributed by atoms with Crippen molar-refractivity contribution in [3.05, 3.63) is 58.8 Å². The van der Waals surface area contributed by atoms with Gasteiger partial charge in [0.1, 0.15) is 10.8 Å². The number of aliphatic imine (C=N–C) groups is 2. The Labute approximate surface area is 226 Å². The second-order valence-electron chi connectivity index (χ2n) is 9.70. The number of halogens is 1. The topological polar surface area (TPSA) is 92.2 Å². The van der Waals surface area contributed by atoms with Crippen LogP contribution in [0.1, 0.15) is 57.6 Å². The number of benzene rings is 2. The first kappa shape index (κ1) is 28.9. The van der Waals surface area contributed by atoms with Crippen molar-refractivity contribution in [1.29, 1.82) is 0 Å². The van der Waals surface area contributed by atoms with Gasteiger partial charge >= 0.3 is 0 Å². The molecule has 1 aliphatic rings. The molecule has 200 valence electrons. The van der Waals surface area contributed by atoms with Gasteiger partial charge in [-0.15, -0.1) is 0 Å². The molecule has 1 fully saturated rings. The Morgan fingerprint density at radius 3 is 2.49 bits per heavy atom. The van der Waals surface area contributed by atoms with E-state index in [1.165, 1.54) is 11.8 Å². The third-order valence-electron chi connectivity index (χ3n) is 6.22. The van der Waals surface area contributed by atoms with Gasteiger partial charge in [0.15, 0.2) is 15.7 Å². The quantitative estimate of drug-likeness (QED) is 0.283. The first-order valence-corrected chi connectivity index (χ1v) is 14.5. The normalized spacial score (nSPS) is 15.8. The molecule has 37 heavy (non-hydrogen) atoms. The van der Waals surface area contributed by atoms with Crippen LogP contribution < -0.4 is 15.4 Å². The molecule has 2 N–H and O–H groups in total. The highest BCUT2D eigenvalue weighted by molar-refractivity contribution is 7.92. The van der Waals surface area contributed by atoms with Gasteiger partial charge < -0.3 is 15.4 Å². The maximum Gasteiger partial charge on any atom is 0.182 e. The molecule has 0 spiro atoms. The van der Waals surface area contributed by atoms with E-state index in [4.69, 9.17) is 16.3 Å². The molecule has 1 aliphatic heterocycles. The molecular weight excluding hydrogens is 508 g/mol. The maximum atomic E-state index is 13.0. The van der Waals surface area contributed by atoms with Crippen molar-refractivity contribution in [1.82, 2.24) is 5.32 Å². The number of hydrogen-bond donors (Lipinski definition) is 2. The molecule has 7 nitrogen and oxygen atoms in total. The summed E-state index contributed by atoms with van der Waals surface area (Å²) in [6, 6.07) is 10.8. The predicted octanol–water partition coefficient (Wildman–Crippen LogP) is 6.35. The standard InChI is InChI=1S/C28H37ClN4O3S/c1-18(2)36-26-16-22(21-11-13-31-14-12-21)20(5)15-25(26)33-28(23(29)17-30-6)32-24-9-7-8-10-27(24)37(34,35)19(3)4/h7-10,15-19,21,31H,6,11-14H2,1-5H3,(H,32,33)/b23-17+. The van der Waals surface area contributed by atoms with Crippen LogP contribution in [0.15, 0.2) is 62.5 Å². The third kappa shape index (κ3) is 7.21. The van der Waals surface area contributed by atoms with Crippen LogP contribution in [-0.4, -0.2) is 45.4 Å². The highest BCUT2D eigenvalue weighted by atomic mass is 35.5. The molecule has 0 atom stereocenters. The minimum atomic E-state index is -3.58. The monoisotopic (exact) mass is 544 g/mol. The van der Waals surface area contributed by atoms with Crippen LogP contribution in [0.2, 0.25) is 0 Å². The van der Waals surface area contributed by atoms with E-state index in [-0.39, 0.29) is 27.6 Å². The molecule has 9 heteroatoms. The number of piperidine rings is 1. The minimum absolute atomic E-state index is 0.0534. The Morgan fingerprint density at radius 1 is 1.19 bits per heavy atom. The first-order valence-electron chi connectivity index (χ1n) is 12.6. The van der Waals surface area contributed by atoms with E-state index in [1.807, 2.05) is 19.9 Å². The van der Waals surface area contributed by atoms with Crippen LogP contribution in [0.25, 0.3) is 0 Å². The lowest BCUT2D eigenvalue weighted by atomic mass is 9.87. The van der Waals surface area contributed by atoms with Gasteiger partial charge in [0, 0.05) is 6.20 Å². The molecule has 1 saturated heterocycles. The van der Waals surface area contributed by atoms with E-state index in [9.17, 15) is 8.42 Å². The van der Waals surface area contributed by atoms with Crippen molar-refractivity contribution in [3.8, 4) is 5.75 Å². The first-order chi connectivity index (χ1) is 17.5. The van der Waals surface area contributed by atoms with Gasteiger partial charge in [0.05, 0.1) is 27.6 Å². The fourth-order valence-corrected chi connectivity index (χ4v) is 5.64. The molecule has 2 aromatic rings. The van der Waals surface area contributed by atoms with E-state index in [2.05, 4.69) is 40.3 Å². The second-order valence-corrected chi connectivity index (χ2v) is 12.6. The predicted molar refractivity (Wildman–Crippen MR) is 155 cm³/mol. The summed E-state index contributed by atoms with van der Waals surface area (Å²) in [7, 11) is -3.58. The van der Waals surface area contributed by atoms with Crippen molar-refractivity contribution in [2.45, 2.75) is 69.6 Å². The van der Waals surface area contributed by atoms with Gasteiger partial charge in [-0.25, -0.2) is 13.4 Å². The molecule has 1 heterocycles. The Hall–Kier alpha value is -2.68. The highest BCUT2D eigenvalue weighted by Crippen LogP contribution is 2.37.